The summed E-state index contributed by atoms with van der Waals surface area (Å²) in [5, 5.41) is 2.79. The zero-order valence-corrected chi connectivity index (χ0v) is 9.42. The van der Waals surface area contributed by atoms with Crippen LogP contribution in [0.3, 0.4) is 0 Å². The van der Waals surface area contributed by atoms with E-state index in [1.165, 1.54) is 5.56 Å². The molecule has 1 aliphatic heterocycles. The highest BCUT2D eigenvalue weighted by Gasteiger charge is 2.19. The van der Waals surface area contributed by atoms with Gasteiger partial charge in [-0.1, -0.05) is 42.5 Å². The van der Waals surface area contributed by atoms with E-state index in [4.69, 9.17) is 0 Å². The first-order chi connectivity index (χ1) is 7.66. The molecule has 1 N–H and O–H groups in total. The van der Waals surface area contributed by atoms with Crippen LogP contribution in [-0.2, 0) is 11.2 Å². The lowest BCUT2D eigenvalue weighted by atomic mass is 9.95. The second-order valence-electron chi connectivity index (χ2n) is 4.16. The van der Waals surface area contributed by atoms with Crippen LogP contribution in [-0.4, -0.2) is 5.91 Å². The quantitative estimate of drug-likeness (QED) is 0.803. The monoisotopic (exact) mass is 213 g/mol. The Hall–Kier alpha value is -1.83. The van der Waals surface area contributed by atoms with Gasteiger partial charge in [-0.25, -0.2) is 0 Å². The number of rotatable bonds is 2. The van der Waals surface area contributed by atoms with Crippen molar-refractivity contribution in [2.45, 2.75) is 19.8 Å². The summed E-state index contributed by atoms with van der Waals surface area (Å²) in [5.74, 6) is -0.00222. The SMILES string of the molecule is C=C1CC(C)=C(Cc2ccccc2)C(=O)N1. The standard InChI is InChI=1S/C14H15NO/c1-10-8-11(2)15-14(16)13(10)9-12-6-4-3-5-7-12/h3-7H,2,8-9H2,1H3,(H,15,16). The third kappa shape index (κ3) is 2.22. The smallest absolute Gasteiger partial charge is 0.251 e. The molecule has 1 aliphatic rings. The first-order valence-corrected chi connectivity index (χ1v) is 5.38. The number of allylic oxidation sites excluding steroid dienone is 1. The zero-order chi connectivity index (χ0) is 11.5. The van der Waals surface area contributed by atoms with E-state index in [1.807, 2.05) is 37.3 Å². The molecule has 0 aliphatic carbocycles. The number of hydrogen-bond acceptors (Lipinski definition) is 1. The Morgan fingerprint density at radius 2 is 2.00 bits per heavy atom. The van der Waals surface area contributed by atoms with Gasteiger partial charge in [0.1, 0.15) is 0 Å². The van der Waals surface area contributed by atoms with Gasteiger partial charge in [0.25, 0.3) is 5.91 Å². The van der Waals surface area contributed by atoms with E-state index in [2.05, 4.69) is 11.9 Å². The van der Waals surface area contributed by atoms with Crippen LogP contribution < -0.4 is 5.32 Å². The van der Waals surface area contributed by atoms with Gasteiger partial charge >= 0.3 is 0 Å². The summed E-state index contributed by atoms with van der Waals surface area (Å²) in [5.41, 5.74) is 3.95. The second-order valence-corrected chi connectivity index (χ2v) is 4.16. The van der Waals surface area contributed by atoms with Crippen molar-refractivity contribution in [3.05, 3.63) is 59.3 Å². The summed E-state index contributed by atoms with van der Waals surface area (Å²) in [6.07, 6.45) is 1.47. The van der Waals surface area contributed by atoms with Gasteiger partial charge in [-0.2, -0.15) is 0 Å². The predicted octanol–water partition coefficient (Wildman–Crippen LogP) is 2.58. The third-order valence-corrected chi connectivity index (χ3v) is 2.78. The van der Waals surface area contributed by atoms with Crippen LogP contribution >= 0.6 is 0 Å². The first kappa shape index (κ1) is 10.7. The van der Waals surface area contributed by atoms with Gasteiger partial charge in [-0.05, 0) is 12.5 Å². The van der Waals surface area contributed by atoms with Crippen LogP contribution in [0.15, 0.2) is 53.8 Å². The molecule has 1 aromatic rings. The van der Waals surface area contributed by atoms with Crippen LogP contribution in [0.2, 0.25) is 0 Å². The lowest BCUT2D eigenvalue weighted by Gasteiger charge is -2.20. The van der Waals surface area contributed by atoms with Crippen molar-refractivity contribution in [3.8, 4) is 0 Å². The second kappa shape index (κ2) is 4.35. The van der Waals surface area contributed by atoms with Crippen LogP contribution in [0, 0.1) is 0 Å². The highest BCUT2D eigenvalue weighted by Crippen LogP contribution is 2.21. The molecule has 0 bridgehead atoms. The number of nitrogens with one attached hydrogen (secondary N) is 1. The van der Waals surface area contributed by atoms with Gasteiger partial charge in [-0.3, -0.25) is 4.79 Å². The number of benzene rings is 1. The van der Waals surface area contributed by atoms with Crippen molar-refractivity contribution in [1.82, 2.24) is 5.32 Å². The number of carbonyl (C=O) groups is 1. The average molecular weight is 213 g/mol. The molecule has 0 aromatic heterocycles. The molecule has 1 aromatic carbocycles. The van der Waals surface area contributed by atoms with E-state index >= 15 is 0 Å². The fourth-order valence-corrected chi connectivity index (χ4v) is 1.93. The molecule has 2 nitrogen and oxygen atoms in total. The van der Waals surface area contributed by atoms with Gasteiger partial charge in [-0.15, -0.1) is 0 Å². The molecule has 0 radical (unpaired) electrons. The Bertz CT molecular complexity index is 457. The number of hydrogen-bond donors (Lipinski definition) is 1. The summed E-state index contributed by atoms with van der Waals surface area (Å²) in [6, 6.07) is 10.0. The highest BCUT2D eigenvalue weighted by atomic mass is 16.1. The van der Waals surface area contributed by atoms with E-state index in [0.29, 0.717) is 6.42 Å². The summed E-state index contributed by atoms with van der Waals surface area (Å²) in [6.45, 7) is 5.79. The van der Waals surface area contributed by atoms with Crippen LogP contribution in [0.1, 0.15) is 18.9 Å². The first-order valence-electron chi connectivity index (χ1n) is 5.38. The fourth-order valence-electron chi connectivity index (χ4n) is 1.93. The summed E-state index contributed by atoms with van der Waals surface area (Å²) >= 11 is 0. The maximum Gasteiger partial charge on any atom is 0.251 e. The molecule has 2 heteroatoms. The van der Waals surface area contributed by atoms with Gasteiger partial charge in [0.05, 0.1) is 0 Å². The third-order valence-electron chi connectivity index (χ3n) is 2.78. The van der Waals surface area contributed by atoms with Gasteiger partial charge in [0, 0.05) is 24.1 Å². The van der Waals surface area contributed by atoms with E-state index < -0.39 is 0 Å². The van der Waals surface area contributed by atoms with Crippen molar-refractivity contribution < 1.29 is 4.79 Å². The molecule has 0 fully saturated rings. The Morgan fingerprint density at radius 3 is 2.62 bits per heavy atom. The molecule has 16 heavy (non-hydrogen) atoms. The molecular formula is C14H15NO. The van der Waals surface area contributed by atoms with E-state index in [0.717, 1.165) is 23.3 Å². The molecule has 0 atom stereocenters. The molecule has 2 rings (SSSR count). The fraction of sp³-hybridized carbons (Fsp3) is 0.214. The minimum atomic E-state index is -0.00222. The average Bonchev–Trinajstić information content (AvgIpc) is 2.25. The molecule has 1 heterocycles. The Kier molecular flexibility index (Phi) is 2.91. The maximum atomic E-state index is 11.8. The molecule has 0 spiro atoms. The molecule has 0 unspecified atom stereocenters. The Labute approximate surface area is 95.7 Å². The predicted molar refractivity (Wildman–Crippen MR) is 64.7 cm³/mol. The molecule has 0 saturated carbocycles. The van der Waals surface area contributed by atoms with E-state index in [1.54, 1.807) is 0 Å². The van der Waals surface area contributed by atoms with Gasteiger partial charge in [0.15, 0.2) is 0 Å². The lowest BCUT2D eigenvalue weighted by Crippen LogP contribution is -2.30. The molecule has 1 amide bonds. The Morgan fingerprint density at radius 1 is 1.31 bits per heavy atom. The molecular weight excluding hydrogens is 198 g/mol. The van der Waals surface area contributed by atoms with Crippen molar-refractivity contribution in [2.24, 2.45) is 0 Å². The van der Waals surface area contributed by atoms with Gasteiger partial charge < -0.3 is 5.32 Å². The lowest BCUT2D eigenvalue weighted by molar-refractivity contribution is -0.117. The Balaban J connectivity index is 2.24. The summed E-state index contributed by atoms with van der Waals surface area (Å²) in [4.78, 5) is 11.8. The van der Waals surface area contributed by atoms with Crippen molar-refractivity contribution in [1.29, 1.82) is 0 Å². The van der Waals surface area contributed by atoms with Crippen molar-refractivity contribution in [3.63, 3.8) is 0 Å². The highest BCUT2D eigenvalue weighted by molar-refractivity contribution is 5.96. The molecule has 82 valence electrons. The van der Waals surface area contributed by atoms with Crippen molar-refractivity contribution >= 4 is 5.91 Å². The zero-order valence-electron chi connectivity index (χ0n) is 9.42. The van der Waals surface area contributed by atoms with Crippen LogP contribution in [0.4, 0.5) is 0 Å². The number of carbonyl (C=O) groups excluding carboxylic acids is 1. The van der Waals surface area contributed by atoms with Gasteiger partial charge in [0.2, 0.25) is 0 Å². The topological polar surface area (TPSA) is 29.1 Å². The molecule has 0 saturated heterocycles. The summed E-state index contributed by atoms with van der Waals surface area (Å²) < 4.78 is 0. The largest absolute Gasteiger partial charge is 0.326 e. The van der Waals surface area contributed by atoms with E-state index in [9.17, 15) is 4.79 Å². The minimum absolute atomic E-state index is 0.00222. The maximum absolute atomic E-state index is 11.8. The normalized spacial score (nSPS) is 16.3. The van der Waals surface area contributed by atoms with E-state index in [-0.39, 0.29) is 5.91 Å². The number of amides is 1. The summed E-state index contributed by atoms with van der Waals surface area (Å²) in [7, 11) is 0. The van der Waals surface area contributed by atoms with Crippen molar-refractivity contribution in [2.75, 3.05) is 0 Å². The van der Waals surface area contributed by atoms with Crippen LogP contribution in [0.25, 0.3) is 0 Å². The van der Waals surface area contributed by atoms with Crippen LogP contribution in [0.5, 0.6) is 0 Å². The minimum Gasteiger partial charge on any atom is -0.326 e.